The average Bonchev–Trinajstić information content (AvgIpc) is 3.72. The number of benzene rings is 1. The maximum atomic E-state index is 14.9. The highest BCUT2D eigenvalue weighted by Crippen LogP contribution is 2.42. The molecule has 1 aromatic rings. The van der Waals surface area contributed by atoms with Crippen molar-refractivity contribution in [1.29, 1.82) is 0 Å². The summed E-state index contributed by atoms with van der Waals surface area (Å²) in [6.45, 7) is 3.14. The predicted octanol–water partition coefficient (Wildman–Crippen LogP) is 8.42. The molecule has 3 fully saturated rings. The molecule has 0 amide bonds. The quantitative estimate of drug-likeness (QED) is 0.285. The molecule has 0 N–H and O–H groups in total. The van der Waals surface area contributed by atoms with Gasteiger partial charge in [0.25, 0.3) is 0 Å². The van der Waals surface area contributed by atoms with Crippen molar-refractivity contribution in [3.63, 3.8) is 0 Å². The highest BCUT2D eigenvalue weighted by Gasteiger charge is 2.33. The summed E-state index contributed by atoms with van der Waals surface area (Å²) in [5.74, 6) is -0.361. The number of ether oxygens (including phenoxy) is 2. The molecule has 190 valence electrons. The molecule has 0 aromatic heterocycles. The molecule has 1 aromatic carbocycles. The first-order valence-electron chi connectivity index (χ1n) is 13.4. The van der Waals surface area contributed by atoms with Crippen LogP contribution in [0.4, 0.5) is 13.2 Å². The van der Waals surface area contributed by atoms with Crippen LogP contribution in [0.3, 0.4) is 0 Å². The summed E-state index contributed by atoms with van der Waals surface area (Å²) in [5.41, 5.74) is 2.26. The van der Waals surface area contributed by atoms with Crippen LogP contribution in [-0.4, -0.2) is 19.3 Å². The zero-order valence-electron chi connectivity index (χ0n) is 20.7. The Bertz CT molecular complexity index is 977. The van der Waals surface area contributed by atoms with Gasteiger partial charge in [0.2, 0.25) is 0 Å². The summed E-state index contributed by atoms with van der Waals surface area (Å²) in [4.78, 5) is 0. The van der Waals surface area contributed by atoms with E-state index in [1.165, 1.54) is 0 Å². The Morgan fingerprint density at radius 2 is 1.69 bits per heavy atom. The van der Waals surface area contributed by atoms with Crippen molar-refractivity contribution in [3.8, 4) is 0 Å². The second-order valence-electron chi connectivity index (χ2n) is 10.8. The SMILES string of the molecule is C/C=C/C1CCC(C2=CCC(OCC3CCC(c4ccc(C5CO5)cc4F)CC3)C(F)=C2F)CC1. The number of epoxide rings is 1. The molecule has 5 heteroatoms. The van der Waals surface area contributed by atoms with Crippen LogP contribution in [0.15, 0.2) is 53.7 Å². The van der Waals surface area contributed by atoms with E-state index in [4.69, 9.17) is 9.47 Å². The van der Waals surface area contributed by atoms with Gasteiger partial charge in [-0.2, -0.15) is 0 Å². The molecular formula is C30H37F3O2. The number of hydrogen-bond donors (Lipinski definition) is 0. The first-order valence-corrected chi connectivity index (χ1v) is 13.4. The lowest BCUT2D eigenvalue weighted by Gasteiger charge is -2.32. The third kappa shape index (κ3) is 5.77. The van der Waals surface area contributed by atoms with Crippen LogP contribution in [0.2, 0.25) is 0 Å². The summed E-state index contributed by atoms with van der Waals surface area (Å²) in [5, 5.41) is 0. The predicted molar refractivity (Wildman–Crippen MR) is 132 cm³/mol. The van der Waals surface area contributed by atoms with Gasteiger partial charge in [-0.1, -0.05) is 30.4 Å². The smallest absolute Gasteiger partial charge is 0.165 e. The molecule has 2 atom stereocenters. The van der Waals surface area contributed by atoms with E-state index in [0.717, 1.165) is 62.5 Å². The minimum atomic E-state index is -0.814. The van der Waals surface area contributed by atoms with Crippen molar-refractivity contribution in [2.45, 2.75) is 82.8 Å². The molecule has 1 saturated heterocycles. The third-order valence-electron chi connectivity index (χ3n) is 8.52. The van der Waals surface area contributed by atoms with Gasteiger partial charge in [0.05, 0.1) is 13.2 Å². The first kappa shape index (κ1) is 24.8. The molecule has 5 rings (SSSR count). The maximum Gasteiger partial charge on any atom is 0.165 e. The zero-order valence-corrected chi connectivity index (χ0v) is 20.7. The number of halogens is 3. The molecule has 1 heterocycles. The largest absolute Gasteiger partial charge is 0.370 e. The third-order valence-corrected chi connectivity index (χ3v) is 8.52. The molecule has 0 spiro atoms. The van der Waals surface area contributed by atoms with Gasteiger partial charge in [-0.25, -0.2) is 13.2 Å². The van der Waals surface area contributed by atoms with E-state index in [1.807, 2.05) is 25.1 Å². The van der Waals surface area contributed by atoms with Gasteiger partial charge in [0.1, 0.15) is 18.0 Å². The lowest BCUT2D eigenvalue weighted by Crippen LogP contribution is -2.25. The highest BCUT2D eigenvalue weighted by atomic mass is 19.2. The van der Waals surface area contributed by atoms with Crippen molar-refractivity contribution >= 4 is 0 Å². The first-order chi connectivity index (χ1) is 17.0. The van der Waals surface area contributed by atoms with Gasteiger partial charge < -0.3 is 9.47 Å². The molecule has 4 aliphatic rings. The van der Waals surface area contributed by atoms with Crippen LogP contribution < -0.4 is 0 Å². The number of rotatable bonds is 7. The van der Waals surface area contributed by atoms with E-state index in [0.29, 0.717) is 37.0 Å². The summed E-state index contributed by atoms with van der Waals surface area (Å²) >= 11 is 0. The van der Waals surface area contributed by atoms with E-state index in [1.54, 1.807) is 6.07 Å². The number of allylic oxidation sites excluding steroid dienone is 4. The van der Waals surface area contributed by atoms with Crippen molar-refractivity contribution in [2.75, 3.05) is 13.2 Å². The number of hydrogen-bond acceptors (Lipinski definition) is 2. The van der Waals surface area contributed by atoms with Crippen LogP contribution in [0.5, 0.6) is 0 Å². The van der Waals surface area contributed by atoms with Gasteiger partial charge in [-0.3, -0.25) is 0 Å². The summed E-state index contributed by atoms with van der Waals surface area (Å²) < 4.78 is 55.6. The summed E-state index contributed by atoms with van der Waals surface area (Å²) in [6, 6.07) is 5.51. The van der Waals surface area contributed by atoms with E-state index >= 15 is 0 Å². The maximum absolute atomic E-state index is 14.9. The molecule has 3 aliphatic carbocycles. The fraction of sp³-hybridized carbons (Fsp3) is 0.600. The Kier molecular flexibility index (Phi) is 7.83. The zero-order chi connectivity index (χ0) is 24.4. The lowest BCUT2D eigenvalue weighted by atomic mass is 9.76. The standard InChI is InChI=1S/C30H37F3O2/c1-2-3-19-4-8-22(9-5-19)25-14-15-27(30(33)29(25)32)34-17-20-6-10-21(11-7-20)24-13-12-23(16-26(24)31)28-18-35-28/h2-3,12-14,16,19-22,27-28H,4-11,15,17-18H2,1H3/b3-2+. The van der Waals surface area contributed by atoms with Crippen molar-refractivity contribution in [2.24, 2.45) is 17.8 Å². The Hall–Kier alpha value is -1.85. The molecular weight excluding hydrogens is 449 g/mol. The van der Waals surface area contributed by atoms with Crippen molar-refractivity contribution < 1.29 is 22.6 Å². The van der Waals surface area contributed by atoms with Gasteiger partial charge in [0, 0.05) is 0 Å². The second-order valence-corrected chi connectivity index (χ2v) is 10.8. The Labute approximate surface area is 207 Å². The molecule has 0 bridgehead atoms. The van der Waals surface area contributed by atoms with Crippen LogP contribution in [0, 0.1) is 23.6 Å². The van der Waals surface area contributed by atoms with E-state index in [-0.39, 0.29) is 23.8 Å². The van der Waals surface area contributed by atoms with Gasteiger partial charge in [-0.05, 0) is 111 Å². The summed E-state index contributed by atoms with van der Waals surface area (Å²) in [7, 11) is 0. The van der Waals surface area contributed by atoms with Gasteiger partial charge in [-0.15, -0.1) is 0 Å². The Morgan fingerprint density at radius 3 is 2.34 bits per heavy atom. The van der Waals surface area contributed by atoms with Crippen LogP contribution in [-0.2, 0) is 9.47 Å². The molecule has 0 radical (unpaired) electrons. The Balaban J connectivity index is 1.09. The minimum absolute atomic E-state index is 0.0645. The second kappa shape index (κ2) is 11.0. The summed E-state index contributed by atoms with van der Waals surface area (Å²) in [6.07, 6.45) is 13.3. The van der Waals surface area contributed by atoms with E-state index in [9.17, 15) is 13.2 Å². The molecule has 2 saturated carbocycles. The van der Waals surface area contributed by atoms with E-state index < -0.39 is 17.8 Å². The fourth-order valence-electron chi connectivity index (χ4n) is 6.30. The minimum Gasteiger partial charge on any atom is -0.370 e. The highest BCUT2D eigenvalue weighted by molar-refractivity contribution is 5.36. The van der Waals surface area contributed by atoms with Gasteiger partial charge >= 0.3 is 0 Å². The molecule has 35 heavy (non-hydrogen) atoms. The van der Waals surface area contributed by atoms with Gasteiger partial charge in [0.15, 0.2) is 11.7 Å². The lowest BCUT2D eigenvalue weighted by molar-refractivity contribution is 0.0257. The monoisotopic (exact) mass is 486 g/mol. The molecule has 2 unspecified atom stereocenters. The van der Waals surface area contributed by atoms with Crippen LogP contribution >= 0.6 is 0 Å². The molecule has 1 aliphatic heterocycles. The van der Waals surface area contributed by atoms with Crippen LogP contribution in [0.1, 0.15) is 87.9 Å². The van der Waals surface area contributed by atoms with E-state index in [2.05, 4.69) is 12.2 Å². The van der Waals surface area contributed by atoms with Crippen molar-refractivity contribution in [3.05, 3.63) is 70.6 Å². The topological polar surface area (TPSA) is 21.8 Å². The Morgan fingerprint density at radius 1 is 0.971 bits per heavy atom. The normalized spacial score (nSPS) is 33.8. The molecule has 2 nitrogen and oxygen atoms in total. The fourth-order valence-corrected chi connectivity index (χ4v) is 6.30. The van der Waals surface area contributed by atoms with Crippen LogP contribution in [0.25, 0.3) is 0 Å². The average molecular weight is 487 g/mol. The van der Waals surface area contributed by atoms with Crippen molar-refractivity contribution in [1.82, 2.24) is 0 Å².